The van der Waals surface area contributed by atoms with Gasteiger partial charge in [0.1, 0.15) is 5.82 Å². The first-order chi connectivity index (χ1) is 6.77. The number of anilines is 1. The number of aromatic nitrogens is 2. The van der Waals surface area contributed by atoms with E-state index in [1.165, 1.54) is 0 Å². The monoisotopic (exact) mass is 185 g/mol. The second kappa shape index (κ2) is 3.46. The normalized spacial score (nSPS) is 10.1. The number of rotatable bonds is 1. The minimum Gasteiger partial charge on any atom is -0.384 e. The van der Waals surface area contributed by atoms with E-state index in [4.69, 9.17) is 5.73 Å². The summed E-state index contributed by atoms with van der Waals surface area (Å²) in [5.74, 6) is 0.544. The summed E-state index contributed by atoms with van der Waals surface area (Å²) >= 11 is 0. The molecule has 0 saturated carbocycles. The van der Waals surface area contributed by atoms with Crippen molar-refractivity contribution < 1.29 is 0 Å². The fraction of sp³-hybridized carbons (Fsp3) is 0.0909. The van der Waals surface area contributed by atoms with Gasteiger partial charge in [0.25, 0.3) is 0 Å². The van der Waals surface area contributed by atoms with Crippen LogP contribution in [0.15, 0.2) is 36.7 Å². The Bertz CT molecular complexity index is 438. The maximum Gasteiger partial charge on any atom is 0.123 e. The van der Waals surface area contributed by atoms with Gasteiger partial charge >= 0.3 is 0 Å². The molecule has 2 aromatic rings. The van der Waals surface area contributed by atoms with Crippen LogP contribution in [0.1, 0.15) is 5.56 Å². The maximum absolute atomic E-state index is 5.57. The van der Waals surface area contributed by atoms with Gasteiger partial charge in [-0.15, -0.1) is 0 Å². The summed E-state index contributed by atoms with van der Waals surface area (Å²) in [6, 6.07) is 7.66. The number of hydrogen-bond donors (Lipinski definition) is 1. The Morgan fingerprint density at radius 3 is 2.71 bits per heavy atom. The zero-order chi connectivity index (χ0) is 9.97. The van der Waals surface area contributed by atoms with Crippen LogP contribution in [0.3, 0.4) is 0 Å². The van der Waals surface area contributed by atoms with Crippen LogP contribution in [-0.4, -0.2) is 9.97 Å². The van der Waals surface area contributed by atoms with E-state index in [1.54, 1.807) is 12.4 Å². The molecule has 3 nitrogen and oxygen atoms in total. The Hall–Kier alpha value is -1.90. The van der Waals surface area contributed by atoms with Gasteiger partial charge in [0.2, 0.25) is 0 Å². The fourth-order valence-electron chi connectivity index (χ4n) is 1.37. The summed E-state index contributed by atoms with van der Waals surface area (Å²) in [5.41, 5.74) is 8.62. The molecule has 2 N–H and O–H groups in total. The lowest BCUT2D eigenvalue weighted by Crippen LogP contribution is -1.93. The second-order valence-corrected chi connectivity index (χ2v) is 3.14. The van der Waals surface area contributed by atoms with Crippen molar-refractivity contribution in [1.82, 2.24) is 9.97 Å². The van der Waals surface area contributed by atoms with Crippen molar-refractivity contribution >= 4 is 5.82 Å². The Morgan fingerprint density at radius 2 is 2.07 bits per heavy atom. The summed E-state index contributed by atoms with van der Waals surface area (Å²) in [5, 5.41) is 0. The highest BCUT2D eigenvalue weighted by atomic mass is 14.8. The zero-order valence-corrected chi connectivity index (χ0v) is 7.94. The Balaban J connectivity index is 2.53. The van der Waals surface area contributed by atoms with E-state index < -0.39 is 0 Å². The lowest BCUT2D eigenvalue weighted by atomic mass is 10.1. The van der Waals surface area contributed by atoms with Gasteiger partial charge in [-0.25, -0.2) is 4.98 Å². The second-order valence-electron chi connectivity index (χ2n) is 3.14. The van der Waals surface area contributed by atoms with E-state index in [0.29, 0.717) is 5.82 Å². The van der Waals surface area contributed by atoms with Crippen molar-refractivity contribution in [2.75, 3.05) is 5.73 Å². The minimum absolute atomic E-state index is 0.544. The summed E-state index contributed by atoms with van der Waals surface area (Å²) in [7, 11) is 0. The van der Waals surface area contributed by atoms with Crippen LogP contribution in [0.5, 0.6) is 0 Å². The topological polar surface area (TPSA) is 51.8 Å². The first-order valence-electron chi connectivity index (χ1n) is 4.41. The van der Waals surface area contributed by atoms with E-state index in [-0.39, 0.29) is 0 Å². The molecule has 0 aliphatic rings. The molecular formula is C11H11N3. The molecule has 70 valence electrons. The molecule has 0 bridgehead atoms. The lowest BCUT2D eigenvalue weighted by Gasteiger charge is -2.04. The van der Waals surface area contributed by atoms with Crippen molar-refractivity contribution in [3.8, 4) is 11.3 Å². The Morgan fingerprint density at radius 1 is 1.21 bits per heavy atom. The number of hydrogen-bond acceptors (Lipinski definition) is 3. The third kappa shape index (κ3) is 1.57. The van der Waals surface area contributed by atoms with Gasteiger partial charge in [-0.3, -0.25) is 4.98 Å². The quantitative estimate of drug-likeness (QED) is 0.739. The Kier molecular flexibility index (Phi) is 2.14. The first-order valence-corrected chi connectivity index (χ1v) is 4.41. The van der Waals surface area contributed by atoms with Crippen LogP contribution in [0.25, 0.3) is 11.3 Å². The highest BCUT2D eigenvalue weighted by molar-refractivity contribution is 5.63. The molecule has 0 spiro atoms. The van der Waals surface area contributed by atoms with Crippen molar-refractivity contribution in [3.63, 3.8) is 0 Å². The van der Waals surface area contributed by atoms with Crippen LogP contribution in [0.4, 0.5) is 5.82 Å². The summed E-state index contributed by atoms with van der Waals surface area (Å²) in [6.07, 6.45) is 3.53. The zero-order valence-electron chi connectivity index (χ0n) is 7.94. The predicted octanol–water partition coefficient (Wildman–Crippen LogP) is 2.03. The van der Waals surface area contributed by atoms with E-state index in [2.05, 4.69) is 9.97 Å². The third-order valence-electron chi connectivity index (χ3n) is 2.07. The molecule has 0 saturated heterocycles. The summed E-state index contributed by atoms with van der Waals surface area (Å²) in [6.45, 7) is 2.00. The minimum atomic E-state index is 0.544. The molecule has 14 heavy (non-hydrogen) atoms. The van der Waals surface area contributed by atoms with E-state index in [9.17, 15) is 0 Å². The molecule has 0 radical (unpaired) electrons. The number of aryl methyl sites for hydroxylation is 1. The maximum atomic E-state index is 5.57. The fourth-order valence-corrected chi connectivity index (χ4v) is 1.37. The van der Waals surface area contributed by atoms with Gasteiger partial charge in [-0.2, -0.15) is 0 Å². The molecule has 2 aromatic heterocycles. The molecule has 0 aromatic carbocycles. The highest BCUT2D eigenvalue weighted by Gasteiger charge is 2.02. The van der Waals surface area contributed by atoms with E-state index in [0.717, 1.165) is 16.8 Å². The van der Waals surface area contributed by atoms with Crippen molar-refractivity contribution in [3.05, 3.63) is 42.2 Å². The van der Waals surface area contributed by atoms with Crippen molar-refractivity contribution in [2.24, 2.45) is 0 Å². The molecule has 0 unspecified atom stereocenters. The first kappa shape index (κ1) is 8.69. The average Bonchev–Trinajstić information content (AvgIpc) is 2.19. The van der Waals surface area contributed by atoms with Crippen LogP contribution in [-0.2, 0) is 0 Å². The van der Waals surface area contributed by atoms with Gasteiger partial charge in [0, 0.05) is 18.0 Å². The smallest absolute Gasteiger partial charge is 0.123 e. The molecule has 0 aliphatic carbocycles. The SMILES string of the molecule is Cc1cc(N)ncc1-c1ccccn1. The van der Waals surface area contributed by atoms with Crippen LogP contribution in [0, 0.1) is 6.92 Å². The van der Waals surface area contributed by atoms with Gasteiger partial charge < -0.3 is 5.73 Å². The van der Waals surface area contributed by atoms with E-state index >= 15 is 0 Å². The third-order valence-corrected chi connectivity index (χ3v) is 2.07. The number of nitrogen functional groups attached to an aromatic ring is 1. The molecule has 0 amide bonds. The Labute approximate surface area is 82.6 Å². The van der Waals surface area contributed by atoms with Crippen molar-refractivity contribution in [1.29, 1.82) is 0 Å². The van der Waals surface area contributed by atoms with Gasteiger partial charge in [-0.05, 0) is 30.7 Å². The molecular weight excluding hydrogens is 174 g/mol. The van der Waals surface area contributed by atoms with Gasteiger partial charge in [0.05, 0.1) is 5.69 Å². The summed E-state index contributed by atoms with van der Waals surface area (Å²) in [4.78, 5) is 8.31. The van der Waals surface area contributed by atoms with Crippen LogP contribution >= 0.6 is 0 Å². The number of nitrogens with zero attached hydrogens (tertiary/aromatic N) is 2. The summed E-state index contributed by atoms with van der Waals surface area (Å²) < 4.78 is 0. The standard InChI is InChI=1S/C11H11N3/c1-8-6-11(12)14-7-9(8)10-4-2-3-5-13-10/h2-7H,1H3,(H2,12,14). The average molecular weight is 185 g/mol. The molecule has 0 atom stereocenters. The largest absolute Gasteiger partial charge is 0.384 e. The molecule has 0 aliphatic heterocycles. The predicted molar refractivity (Wildman–Crippen MR) is 56.6 cm³/mol. The lowest BCUT2D eigenvalue weighted by molar-refractivity contribution is 1.25. The van der Waals surface area contributed by atoms with Crippen LogP contribution in [0.2, 0.25) is 0 Å². The molecule has 2 heterocycles. The van der Waals surface area contributed by atoms with Gasteiger partial charge in [-0.1, -0.05) is 6.07 Å². The molecule has 3 heteroatoms. The highest BCUT2D eigenvalue weighted by Crippen LogP contribution is 2.20. The van der Waals surface area contributed by atoms with Crippen molar-refractivity contribution in [2.45, 2.75) is 6.92 Å². The molecule has 2 rings (SSSR count). The number of nitrogens with two attached hydrogens (primary N) is 1. The van der Waals surface area contributed by atoms with E-state index in [1.807, 2.05) is 31.2 Å². The van der Waals surface area contributed by atoms with Gasteiger partial charge in [0.15, 0.2) is 0 Å². The van der Waals surface area contributed by atoms with Crippen LogP contribution < -0.4 is 5.73 Å². The molecule has 0 fully saturated rings. The number of pyridine rings is 2.